The Morgan fingerprint density at radius 3 is 2.87 bits per heavy atom. The van der Waals surface area contributed by atoms with Gasteiger partial charge in [0.05, 0.1) is 0 Å². The van der Waals surface area contributed by atoms with E-state index in [9.17, 15) is 0 Å². The van der Waals surface area contributed by atoms with Crippen LogP contribution < -0.4 is 10.2 Å². The third kappa shape index (κ3) is 3.47. The molecule has 1 aromatic rings. The molecule has 0 aliphatic heterocycles. The lowest BCUT2D eigenvalue weighted by molar-refractivity contribution is 0.577. The van der Waals surface area contributed by atoms with Gasteiger partial charge in [-0.2, -0.15) is 0 Å². The second-order valence-electron chi connectivity index (χ2n) is 3.74. The molecular weight excluding hydrogens is 206 g/mol. The summed E-state index contributed by atoms with van der Waals surface area (Å²) in [6.07, 6.45) is 3.16. The van der Waals surface area contributed by atoms with Gasteiger partial charge >= 0.3 is 0 Å². The molecule has 1 aromatic heterocycles. The summed E-state index contributed by atoms with van der Waals surface area (Å²) in [4.78, 5) is 7.91. The molecule has 0 bridgehead atoms. The lowest BCUT2D eigenvalue weighted by Crippen LogP contribution is -2.18. The van der Waals surface area contributed by atoms with E-state index in [0.717, 1.165) is 18.2 Å². The zero-order valence-corrected chi connectivity index (χ0v) is 10.9. The van der Waals surface area contributed by atoms with Crippen molar-refractivity contribution in [2.24, 2.45) is 0 Å². The minimum Gasteiger partial charge on any atom is -0.351 e. The van der Waals surface area contributed by atoms with E-state index in [0.29, 0.717) is 6.04 Å². The highest BCUT2D eigenvalue weighted by molar-refractivity contribution is 7.15. The Balaban J connectivity index is 2.58. The smallest absolute Gasteiger partial charge is 0.185 e. The van der Waals surface area contributed by atoms with Gasteiger partial charge in [-0.05, 0) is 26.8 Å². The maximum Gasteiger partial charge on any atom is 0.185 e. The molecule has 86 valence electrons. The van der Waals surface area contributed by atoms with Crippen molar-refractivity contribution < 1.29 is 0 Å². The summed E-state index contributed by atoms with van der Waals surface area (Å²) < 4.78 is 0. The van der Waals surface area contributed by atoms with Crippen LogP contribution in [0.3, 0.4) is 0 Å². The van der Waals surface area contributed by atoms with Gasteiger partial charge in [0, 0.05) is 30.7 Å². The molecule has 0 aromatic carbocycles. The summed E-state index contributed by atoms with van der Waals surface area (Å²) in [5.74, 6) is 0. The van der Waals surface area contributed by atoms with Crippen LogP contribution in [0.4, 0.5) is 5.13 Å². The van der Waals surface area contributed by atoms with Crippen molar-refractivity contribution in [1.82, 2.24) is 10.3 Å². The third-order valence-electron chi connectivity index (χ3n) is 2.44. The number of nitrogens with zero attached hydrogens (tertiary/aromatic N) is 2. The SMILES string of the molecule is CCCNC(C)c1cnc(N(C)CC)s1. The number of hydrogen-bond donors (Lipinski definition) is 1. The number of rotatable bonds is 6. The molecule has 0 saturated carbocycles. The molecule has 1 rings (SSSR count). The van der Waals surface area contributed by atoms with Gasteiger partial charge in [-0.15, -0.1) is 11.3 Å². The summed E-state index contributed by atoms with van der Waals surface area (Å²) in [7, 11) is 2.08. The van der Waals surface area contributed by atoms with E-state index >= 15 is 0 Å². The fourth-order valence-electron chi connectivity index (χ4n) is 1.25. The average molecular weight is 227 g/mol. The van der Waals surface area contributed by atoms with Gasteiger partial charge in [0.2, 0.25) is 0 Å². The Labute approximate surface area is 96.5 Å². The molecular formula is C11H21N3S. The Morgan fingerprint density at radius 1 is 1.53 bits per heavy atom. The second kappa shape index (κ2) is 6.08. The Kier molecular flexibility index (Phi) is 5.05. The van der Waals surface area contributed by atoms with Crippen LogP contribution in [0, 0.1) is 0 Å². The molecule has 4 heteroatoms. The molecule has 0 aliphatic rings. The molecule has 1 N–H and O–H groups in total. The molecule has 3 nitrogen and oxygen atoms in total. The lowest BCUT2D eigenvalue weighted by Gasteiger charge is -2.12. The number of hydrogen-bond acceptors (Lipinski definition) is 4. The normalized spacial score (nSPS) is 12.8. The standard InChI is InChI=1S/C11H21N3S/c1-5-7-12-9(3)10-8-13-11(15-10)14(4)6-2/h8-9,12H,5-7H2,1-4H3. The van der Waals surface area contributed by atoms with Crippen molar-refractivity contribution in [2.75, 3.05) is 25.0 Å². The highest BCUT2D eigenvalue weighted by Crippen LogP contribution is 2.26. The summed E-state index contributed by atoms with van der Waals surface area (Å²) in [6, 6.07) is 0.418. The van der Waals surface area contributed by atoms with Gasteiger partial charge in [-0.1, -0.05) is 6.92 Å². The first-order chi connectivity index (χ1) is 7.19. The van der Waals surface area contributed by atoms with E-state index in [-0.39, 0.29) is 0 Å². The van der Waals surface area contributed by atoms with Crippen LogP contribution in [-0.2, 0) is 0 Å². The first-order valence-corrected chi connectivity index (χ1v) is 6.40. The lowest BCUT2D eigenvalue weighted by atomic mass is 10.3. The summed E-state index contributed by atoms with van der Waals surface area (Å²) in [5, 5.41) is 4.58. The number of anilines is 1. The first kappa shape index (κ1) is 12.5. The third-order valence-corrected chi connectivity index (χ3v) is 3.73. The molecule has 0 spiro atoms. The fraction of sp³-hybridized carbons (Fsp3) is 0.727. The van der Waals surface area contributed by atoms with Crippen LogP contribution in [0.15, 0.2) is 6.20 Å². The summed E-state index contributed by atoms with van der Waals surface area (Å²) in [6.45, 7) is 8.59. The van der Waals surface area contributed by atoms with E-state index in [1.165, 1.54) is 11.3 Å². The Bertz CT molecular complexity index is 285. The van der Waals surface area contributed by atoms with Crippen molar-refractivity contribution in [1.29, 1.82) is 0 Å². The molecule has 0 aliphatic carbocycles. The van der Waals surface area contributed by atoms with Crippen molar-refractivity contribution in [3.05, 3.63) is 11.1 Å². The van der Waals surface area contributed by atoms with Crippen LogP contribution in [-0.4, -0.2) is 25.1 Å². The molecule has 1 heterocycles. The molecule has 0 amide bonds. The van der Waals surface area contributed by atoms with Gasteiger partial charge in [0.15, 0.2) is 5.13 Å². The van der Waals surface area contributed by atoms with Gasteiger partial charge in [-0.25, -0.2) is 4.98 Å². The van der Waals surface area contributed by atoms with Crippen LogP contribution in [0.1, 0.15) is 38.1 Å². The van der Waals surface area contributed by atoms with Crippen LogP contribution in [0.5, 0.6) is 0 Å². The van der Waals surface area contributed by atoms with Crippen molar-refractivity contribution >= 4 is 16.5 Å². The van der Waals surface area contributed by atoms with Crippen molar-refractivity contribution in [3.8, 4) is 0 Å². The topological polar surface area (TPSA) is 28.2 Å². The van der Waals surface area contributed by atoms with Gasteiger partial charge in [0.25, 0.3) is 0 Å². The average Bonchev–Trinajstić information content (AvgIpc) is 2.74. The highest BCUT2D eigenvalue weighted by Gasteiger charge is 2.10. The highest BCUT2D eigenvalue weighted by atomic mass is 32.1. The summed E-state index contributed by atoms with van der Waals surface area (Å²) in [5.41, 5.74) is 0. The second-order valence-corrected chi connectivity index (χ2v) is 4.78. The van der Waals surface area contributed by atoms with Crippen LogP contribution >= 0.6 is 11.3 Å². The monoisotopic (exact) mass is 227 g/mol. The largest absolute Gasteiger partial charge is 0.351 e. The van der Waals surface area contributed by atoms with Crippen LogP contribution in [0.25, 0.3) is 0 Å². The zero-order valence-electron chi connectivity index (χ0n) is 10.1. The molecule has 0 fully saturated rings. The maximum atomic E-state index is 4.42. The Morgan fingerprint density at radius 2 is 2.27 bits per heavy atom. The molecule has 0 saturated heterocycles. The number of nitrogens with one attached hydrogen (secondary N) is 1. The van der Waals surface area contributed by atoms with Gasteiger partial charge in [0.1, 0.15) is 0 Å². The predicted molar refractivity (Wildman–Crippen MR) is 67.8 cm³/mol. The quantitative estimate of drug-likeness (QED) is 0.810. The fourth-order valence-corrected chi connectivity index (χ4v) is 2.22. The molecule has 0 radical (unpaired) electrons. The van der Waals surface area contributed by atoms with E-state index in [1.54, 1.807) is 11.3 Å². The minimum atomic E-state index is 0.418. The van der Waals surface area contributed by atoms with Crippen LogP contribution in [0.2, 0.25) is 0 Å². The van der Waals surface area contributed by atoms with Gasteiger partial charge < -0.3 is 10.2 Å². The first-order valence-electron chi connectivity index (χ1n) is 5.59. The predicted octanol–water partition coefficient (Wildman–Crippen LogP) is 2.66. The molecule has 15 heavy (non-hydrogen) atoms. The van der Waals surface area contributed by atoms with Crippen molar-refractivity contribution in [2.45, 2.75) is 33.2 Å². The van der Waals surface area contributed by atoms with Crippen molar-refractivity contribution in [3.63, 3.8) is 0 Å². The maximum absolute atomic E-state index is 4.42. The number of thiazole rings is 1. The molecule has 1 atom stereocenters. The minimum absolute atomic E-state index is 0.418. The van der Waals surface area contributed by atoms with Gasteiger partial charge in [-0.3, -0.25) is 0 Å². The number of aromatic nitrogens is 1. The zero-order chi connectivity index (χ0) is 11.3. The summed E-state index contributed by atoms with van der Waals surface area (Å²) >= 11 is 1.78. The van der Waals surface area contributed by atoms with E-state index in [1.807, 2.05) is 6.20 Å². The van der Waals surface area contributed by atoms with E-state index in [2.05, 4.69) is 43.0 Å². The van der Waals surface area contributed by atoms with E-state index < -0.39 is 0 Å². The van der Waals surface area contributed by atoms with E-state index in [4.69, 9.17) is 0 Å². The molecule has 1 unspecified atom stereocenters. The Hall–Kier alpha value is -0.610.